The van der Waals surface area contributed by atoms with Crippen LogP contribution in [0.3, 0.4) is 0 Å². The third-order valence-corrected chi connectivity index (χ3v) is 13.1. The molecule has 0 radical (unpaired) electrons. The molecule has 0 aromatic rings. The van der Waals surface area contributed by atoms with E-state index in [2.05, 4.69) is 118 Å². The van der Waals surface area contributed by atoms with Crippen LogP contribution in [-0.2, 0) is 42.2 Å². The van der Waals surface area contributed by atoms with E-state index in [-0.39, 0.29) is 25.9 Å². The van der Waals surface area contributed by atoms with Crippen molar-refractivity contribution in [2.75, 3.05) is 26.4 Å². The van der Waals surface area contributed by atoms with Crippen molar-refractivity contribution in [1.29, 1.82) is 0 Å². The number of ether oxygens (including phenoxy) is 3. The smallest absolute Gasteiger partial charge is 0.462 e. The fraction of sp³-hybridized carbons (Fsp3) is 0.672. The average Bonchev–Trinajstić information content (AvgIpc) is 3.41. The van der Waals surface area contributed by atoms with Gasteiger partial charge in [0.2, 0.25) is 0 Å². The minimum Gasteiger partial charge on any atom is -0.462 e. The standard InChI is InChI=1S/C64H107O11P/c1-4-7-10-13-16-19-22-24-26-28-30-32-34-36-39-41-44-47-50-53-62(66)71-57-61(75-64(68)55-52-49-46-43-40-37-35-33-31-29-27-25-23-20-17-14-11-8-5-2)59-73-76(69,70)72-58-60(56-65)74-63(67)54-51-48-45-42-38-21-18-15-12-9-6-3/h8,11,16-17,19-20,24-27,30-33,37,40,46,49,60-61,65H,4-7,9-10,12-15,18,21-23,28-29,34-36,38-39,41-45,47-48,50-59H2,1-3H3,(H,69,70)/b11-8-,19-16-,20-17-,26-24-,27-25-,32-30-,33-31-,40-37-,49-46-. The van der Waals surface area contributed by atoms with E-state index in [0.29, 0.717) is 25.7 Å². The molecule has 2 N–H and O–H groups in total. The lowest BCUT2D eigenvalue weighted by atomic mass is 10.1. The maximum atomic E-state index is 12.9. The number of allylic oxidation sites excluding steroid dienone is 18. The summed E-state index contributed by atoms with van der Waals surface area (Å²) >= 11 is 0. The lowest BCUT2D eigenvalue weighted by Crippen LogP contribution is -2.30. The van der Waals surface area contributed by atoms with Crippen molar-refractivity contribution in [3.05, 3.63) is 109 Å². The number of hydrogen-bond donors (Lipinski definition) is 2. The molecule has 11 nitrogen and oxygen atoms in total. The highest BCUT2D eigenvalue weighted by molar-refractivity contribution is 7.47. The van der Waals surface area contributed by atoms with Crippen molar-refractivity contribution >= 4 is 25.7 Å². The predicted molar refractivity (Wildman–Crippen MR) is 316 cm³/mol. The number of carbonyl (C=O) groups is 3. The Balaban J connectivity index is 4.86. The van der Waals surface area contributed by atoms with Crippen LogP contribution in [0.15, 0.2) is 109 Å². The zero-order chi connectivity index (χ0) is 55.5. The van der Waals surface area contributed by atoms with Gasteiger partial charge in [0.15, 0.2) is 6.10 Å². The van der Waals surface area contributed by atoms with Crippen LogP contribution in [-0.4, -0.2) is 66.5 Å². The number of phosphoric ester groups is 1. The topological polar surface area (TPSA) is 155 Å². The maximum absolute atomic E-state index is 12.9. The van der Waals surface area contributed by atoms with Crippen LogP contribution in [0.1, 0.15) is 239 Å². The van der Waals surface area contributed by atoms with Crippen molar-refractivity contribution in [2.45, 2.75) is 251 Å². The number of carbonyl (C=O) groups excluding carboxylic acids is 3. The highest BCUT2D eigenvalue weighted by Gasteiger charge is 2.28. The van der Waals surface area contributed by atoms with Crippen LogP contribution in [0.4, 0.5) is 0 Å². The fourth-order valence-corrected chi connectivity index (χ4v) is 8.47. The Labute approximate surface area is 463 Å². The number of esters is 3. The van der Waals surface area contributed by atoms with Gasteiger partial charge in [0.25, 0.3) is 0 Å². The molecule has 0 bridgehead atoms. The second kappa shape index (κ2) is 57.3. The van der Waals surface area contributed by atoms with Crippen molar-refractivity contribution in [2.24, 2.45) is 0 Å². The first-order chi connectivity index (χ1) is 37.2. The monoisotopic (exact) mass is 1080 g/mol. The van der Waals surface area contributed by atoms with E-state index in [1.807, 2.05) is 12.2 Å². The Morgan fingerprint density at radius 3 is 1.16 bits per heavy atom. The molecule has 434 valence electrons. The Hall–Kier alpha value is -3.86. The Bertz CT molecular complexity index is 1690. The van der Waals surface area contributed by atoms with E-state index in [0.717, 1.165) is 103 Å². The summed E-state index contributed by atoms with van der Waals surface area (Å²) in [7, 11) is -4.77. The molecule has 0 aromatic heterocycles. The van der Waals surface area contributed by atoms with Crippen LogP contribution in [0.25, 0.3) is 0 Å². The van der Waals surface area contributed by atoms with Gasteiger partial charge < -0.3 is 24.2 Å². The van der Waals surface area contributed by atoms with Crippen LogP contribution in [0.2, 0.25) is 0 Å². The van der Waals surface area contributed by atoms with Crippen molar-refractivity contribution in [1.82, 2.24) is 0 Å². The minimum absolute atomic E-state index is 0.0354. The number of aliphatic hydroxyl groups excluding tert-OH is 1. The molecule has 3 unspecified atom stereocenters. The predicted octanol–water partition coefficient (Wildman–Crippen LogP) is 17.8. The second-order valence-corrected chi connectivity index (χ2v) is 20.9. The van der Waals surface area contributed by atoms with Crippen LogP contribution in [0.5, 0.6) is 0 Å². The summed E-state index contributed by atoms with van der Waals surface area (Å²) in [6.45, 7) is 4.39. The molecule has 0 aliphatic carbocycles. The van der Waals surface area contributed by atoms with Gasteiger partial charge >= 0.3 is 25.7 Å². The average molecular weight is 1080 g/mol. The lowest BCUT2D eigenvalue weighted by Gasteiger charge is -2.21. The molecule has 12 heteroatoms. The molecular weight excluding hydrogens is 976 g/mol. The number of aliphatic hydroxyl groups is 1. The molecule has 0 aromatic carbocycles. The third-order valence-electron chi connectivity index (χ3n) is 12.2. The maximum Gasteiger partial charge on any atom is 0.472 e. The Morgan fingerprint density at radius 1 is 0.382 bits per heavy atom. The van der Waals surface area contributed by atoms with E-state index in [1.54, 1.807) is 0 Å². The highest BCUT2D eigenvalue weighted by Crippen LogP contribution is 2.43. The van der Waals surface area contributed by atoms with E-state index >= 15 is 0 Å². The van der Waals surface area contributed by atoms with Crippen LogP contribution >= 0.6 is 7.82 Å². The first-order valence-electron chi connectivity index (χ1n) is 29.8. The van der Waals surface area contributed by atoms with Gasteiger partial charge in [-0.25, -0.2) is 4.57 Å². The third kappa shape index (κ3) is 54.9. The molecule has 0 aliphatic heterocycles. The molecule has 0 aliphatic rings. The van der Waals surface area contributed by atoms with E-state index in [1.165, 1.54) is 70.6 Å². The van der Waals surface area contributed by atoms with Gasteiger partial charge in [-0.3, -0.25) is 23.4 Å². The van der Waals surface area contributed by atoms with Crippen molar-refractivity contribution < 1.29 is 52.2 Å². The van der Waals surface area contributed by atoms with E-state index < -0.39 is 57.8 Å². The molecular formula is C64H107O11P. The highest BCUT2D eigenvalue weighted by atomic mass is 31.2. The summed E-state index contributed by atoms with van der Waals surface area (Å²) < 4.78 is 39.4. The second-order valence-electron chi connectivity index (χ2n) is 19.4. The number of rotatable bonds is 54. The Kier molecular flexibility index (Phi) is 54.4. The van der Waals surface area contributed by atoms with Crippen molar-refractivity contribution in [3.63, 3.8) is 0 Å². The van der Waals surface area contributed by atoms with Gasteiger partial charge in [0.05, 0.1) is 19.8 Å². The summed E-state index contributed by atoms with van der Waals surface area (Å²) in [5.41, 5.74) is 0. The summed E-state index contributed by atoms with van der Waals surface area (Å²) in [5, 5.41) is 9.80. The summed E-state index contributed by atoms with van der Waals surface area (Å²) in [5.74, 6) is -1.59. The number of hydrogen-bond acceptors (Lipinski definition) is 10. The van der Waals surface area contributed by atoms with Gasteiger partial charge in [-0.15, -0.1) is 0 Å². The first-order valence-corrected chi connectivity index (χ1v) is 31.3. The zero-order valence-electron chi connectivity index (χ0n) is 47.9. The molecule has 0 fully saturated rings. The SMILES string of the molecule is CC/C=C\C/C=C\C/C=C\C/C=C\C/C=C\C/C=C\CCC(=O)OC(COC(=O)CCCCCCCC/C=C\C/C=C\C/C=C\CCCCC)COP(=O)(O)OCC(CO)OC(=O)CCCCCCCCCCCCC. The number of unbranched alkanes of at least 4 members (excludes halogenated alkanes) is 19. The largest absolute Gasteiger partial charge is 0.472 e. The number of phosphoric acid groups is 1. The van der Waals surface area contributed by atoms with E-state index in [4.69, 9.17) is 23.3 Å². The molecule has 0 saturated heterocycles. The Morgan fingerprint density at radius 2 is 0.711 bits per heavy atom. The summed E-state index contributed by atoms with van der Waals surface area (Å²) in [4.78, 5) is 48.5. The van der Waals surface area contributed by atoms with Gasteiger partial charge in [-0.05, 0) is 96.3 Å². The van der Waals surface area contributed by atoms with Gasteiger partial charge in [-0.2, -0.15) is 0 Å². The zero-order valence-corrected chi connectivity index (χ0v) is 48.8. The normalized spacial score (nSPS) is 14.1. The van der Waals surface area contributed by atoms with Crippen LogP contribution < -0.4 is 0 Å². The molecule has 76 heavy (non-hydrogen) atoms. The fourth-order valence-electron chi connectivity index (χ4n) is 7.68. The lowest BCUT2D eigenvalue weighted by molar-refractivity contribution is -0.161. The van der Waals surface area contributed by atoms with Crippen molar-refractivity contribution in [3.8, 4) is 0 Å². The molecule has 0 amide bonds. The molecule has 0 rings (SSSR count). The first kappa shape index (κ1) is 72.1. The molecule has 0 saturated carbocycles. The minimum atomic E-state index is -4.77. The van der Waals surface area contributed by atoms with Gasteiger partial charge in [-0.1, -0.05) is 233 Å². The quantitative estimate of drug-likeness (QED) is 0.0197. The van der Waals surface area contributed by atoms with Gasteiger partial charge in [0.1, 0.15) is 12.7 Å². The van der Waals surface area contributed by atoms with E-state index in [9.17, 15) is 28.9 Å². The molecule has 3 atom stereocenters. The summed E-state index contributed by atoms with van der Waals surface area (Å²) in [6, 6.07) is 0. The molecule has 0 heterocycles. The summed E-state index contributed by atoms with van der Waals surface area (Å²) in [6.07, 6.45) is 69.2. The van der Waals surface area contributed by atoms with Crippen LogP contribution in [0, 0.1) is 0 Å². The van der Waals surface area contributed by atoms with Gasteiger partial charge in [0, 0.05) is 19.3 Å². The molecule has 0 spiro atoms.